The molecule has 0 radical (unpaired) electrons. The molecule has 2 rings (SSSR count). The highest BCUT2D eigenvalue weighted by atomic mass is 32.2. The summed E-state index contributed by atoms with van der Waals surface area (Å²) in [5, 5.41) is 9.53. The van der Waals surface area contributed by atoms with E-state index in [-0.39, 0.29) is 17.3 Å². The molecule has 1 aliphatic rings. The Bertz CT molecular complexity index is 452. The number of piperidine rings is 1. The molecule has 0 atom stereocenters. The fourth-order valence-corrected chi connectivity index (χ4v) is 2.75. The van der Waals surface area contributed by atoms with Crippen LogP contribution >= 0.6 is 11.8 Å². The minimum absolute atomic E-state index is 0.00472. The molecule has 6 nitrogen and oxygen atoms in total. The molecule has 1 fully saturated rings. The van der Waals surface area contributed by atoms with Gasteiger partial charge in [-0.05, 0) is 19.1 Å². The number of likely N-dealkylation sites (tertiary alicyclic amines) is 1. The van der Waals surface area contributed by atoms with Crippen LogP contribution in [0.25, 0.3) is 0 Å². The normalized spacial score (nSPS) is 16.8. The Labute approximate surface area is 109 Å². The fraction of sp³-hybridized carbons (Fsp3) is 0.545. The minimum atomic E-state index is -1.16. The summed E-state index contributed by atoms with van der Waals surface area (Å²) in [4.78, 5) is 31.1. The van der Waals surface area contributed by atoms with Gasteiger partial charge in [0.15, 0.2) is 11.4 Å². The van der Waals surface area contributed by atoms with Crippen LogP contribution in [0, 0.1) is 0 Å². The van der Waals surface area contributed by atoms with Crippen LogP contribution in [0.5, 0.6) is 0 Å². The Morgan fingerprint density at radius 3 is 2.72 bits per heavy atom. The number of nitrogens with zero attached hydrogens (tertiary/aromatic N) is 2. The number of carbonyl (C=O) groups is 2. The van der Waals surface area contributed by atoms with E-state index < -0.39 is 5.97 Å². The van der Waals surface area contributed by atoms with Gasteiger partial charge in [0.05, 0.1) is 6.33 Å². The number of aromatic carboxylic acids is 1. The molecule has 0 aliphatic carbocycles. The van der Waals surface area contributed by atoms with E-state index in [0.29, 0.717) is 18.3 Å². The number of carboxylic acid groups (broad SMARTS) is 1. The monoisotopic (exact) mass is 269 g/mol. The Kier molecular flexibility index (Phi) is 3.90. The summed E-state index contributed by atoms with van der Waals surface area (Å²) >= 11 is 1.81. The molecule has 0 saturated carbocycles. The number of H-pyrrole nitrogens is 1. The Balaban J connectivity index is 2.08. The largest absolute Gasteiger partial charge is 0.477 e. The van der Waals surface area contributed by atoms with Crippen molar-refractivity contribution in [2.75, 3.05) is 19.3 Å². The molecule has 1 aliphatic heterocycles. The summed E-state index contributed by atoms with van der Waals surface area (Å²) in [6.07, 6.45) is 5.20. The third-order valence-electron chi connectivity index (χ3n) is 3.12. The summed E-state index contributed by atoms with van der Waals surface area (Å²) in [5.74, 6) is -1.46. The van der Waals surface area contributed by atoms with Gasteiger partial charge in [0.25, 0.3) is 5.91 Å². The summed E-state index contributed by atoms with van der Waals surface area (Å²) in [6, 6.07) is 0. The zero-order valence-electron chi connectivity index (χ0n) is 10.0. The van der Waals surface area contributed by atoms with Crippen LogP contribution in [0.4, 0.5) is 0 Å². The molecule has 18 heavy (non-hydrogen) atoms. The van der Waals surface area contributed by atoms with E-state index in [4.69, 9.17) is 5.11 Å². The molecule has 0 bridgehead atoms. The predicted octanol–water partition coefficient (Wildman–Crippen LogP) is 1.08. The molecule has 7 heteroatoms. The third kappa shape index (κ3) is 2.50. The van der Waals surface area contributed by atoms with E-state index in [1.54, 1.807) is 4.90 Å². The lowest BCUT2D eigenvalue weighted by Crippen LogP contribution is -2.40. The van der Waals surface area contributed by atoms with Gasteiger partial charge in [0.1, 0.15) is 0 Å². The van der Waals surface area contributed by atoms with Crippen molar-refractivity contribution in [3.8, 4) is 0 Å². The number of nitrogens with one attached hydrogen (secondary N) is 1. The lowest BCUT2D eigenvalue weighted by atomic mass is 10.1. The fourth-order valence-electron chi connectivity index (χ4n) is 2.06. The van der Waals surface area contributed by atoms with Crippen molar-refractivity contribution < 1.29 is 14.7 Å². The van der Waals surface area contributed by atoms with Crippen molar-refractivity contribution in [3.05, 3.63) is 17.7 Å². The van der Waals surface area contributed by atoms with Crippen LogP contribution in [0.3, 0.4) is 0 Å². The first-order chi connectivity index (χ1) is 8.63. The maximum atomic E-state index is 12.2. The van der Waals surface area contributed by atoms with Crippen LogP contribution in [0.2, 0.25) is 0 Å². The highest BCUT2D eigenvalue weighted by molar-refractivity contribution is 7.99. The lowest BCUT2D eigenvalue weighted by molar-refractivity contribution is 0.0660. The first-order valence-corrected chi connectivity index (χ1v) is 7.01. The standard InChI is InChI=1S/C11H15N3O3S/c1-18-7-2-4-14(5-3-7)10(15)8-9(11(16)17)13-6-12-8/h6-7H,2-5H2,1H3,(H,12,13)(H,16,17). The molecule has 1 aromatic heterocycles. The predicted molar refractivity (Wildman–Crippen MR) is 68.0 cm³/mol. The van der Waals surface area contributed by atoms with Crippen LogP contribution in [-0.2, 0) is 0 Å². The van der Waals surface area contributed by atoms with E-state index in [0.717, 1.165) is 12.8 Å². The SMILES string of the molecule is CSC1CCN(C(=O)c2nc[nH]c2C(=O)O)CC1. The number of rotatable bonds is 3. The molecule has 1 aromatic rings. The Hall–Kier alpha value is -1.50. The molecular weight excluding hydrogens is 254 g/mol. The number of aromatic nitrogens is 2. The zero-order chi connectivity index (χ0) is 13.1. The number of amides is 1. The number of hydrogen-bond donors (Lipinski definition) is 2. The van der Waals surface area contributed by atoms with E-state index in [9.17, 15) is 9.59 Å². The molecule has 0 unspecified atom stereocenters. The second-order valence-electron chi connectivity index (χ2n) is 4.16. The van der Waals surface area contributed by atoms with Gasteiger partial charge in [-0.3, -0.25) is 4.79 Å². The van der Waals surface area contributed by atoms with Gasteiger partial charge in [-0.15, -0.1) is 0 Å². The zero-order valence-corrected chi connectivity index (χ0v) is 10.9. The summed E-state index contributed by atoms with van der Waals surface area (Å²) in [5.41, 5.74) is -0.128. The van der Waals surface area contributed by atoms with Crippen molar-refractivity contribution in [1.82, 2.24) is 14.9 Å². The average molecular weight is 269 g/mol. The summed E-state index contributed by atoms with van der Waals surface area (Å²) in [6.45, 7) is 1.33. The van der Waals surface area contributed by atoms with E-state index in [1.165, 1.54) is 6.33 Å². The van der Waals surface area contributed by atoms with Gasteiger partial charge in [0, 0.05) is 18.3 Å². The van der Waals surface area contributed by atoms with Gasteiger partial charge in [-0.2, -0.15) is 11.8 Å². The Morgan fingerprint density at radius 1 is 1.50 bits per heavy atom. The maximum Gasteiger partial charge on any atom is 0.354 e. The van der Waals surface area contributed by atoms with E-state index in [2.05, 4.69) is 16.2 Å². The van der Waals surface area contributed by atoms with Crippen molar-refractivity contribution in [2.45, 2.75) is 18.1 Å². The first-order valence-electron chi connectivity index (χ1n) is 5.72. The van der Waals surface area contributed by atoms with Crippen molar-refractivity contribution in [1.29, 1.82) is 0 Å². The van der Waals surface area contributed by atoms with Gasteiger partial charge < -0.3 is 15.0 Å². The van der Waals surface area contributed by atoms with E-state index in [1.807, 2.05) is 11.8 Å². The van der Waals surface area contributed by atoms with Crippen molar-refractivity contribution in [3.63, 3.8) is 0 Å². The van der Waals surface area contributed by atoms with Gasteiger partial charge in [0.2, 0.25) is 0 Å². The molecule has 1 amide bonds. The van der Waals surface area contributed by atoms with Crippen molar-refractivity contribution in [2.24, 2.45) is 0 Å². The van der Waals surface area contributed by atoms with Gasteiger partial charge in [-0.1, -0.05) is 0 Å². The number of thioether (sulfide) groups is 1. The highest BCUT2D eigenvalue weighted by Crippen LogP contribution is 2.22. The number of carboxylic acids is 1. The second-order valence-corrected chi connectivity index (χ2v) is 5.30. The number of aromatic amines is 1. The highest BCUT2D eigenvalue weighted by Gasteiger charge is 2.27. The number of hydrogen-bond acceptors (Lipinski definition) is 4. The molecule has 98 valence electrons. The Morgan fingerprint density at radius 2 is 2.17 bits per heavy atom. The lowest BCUT2D eigenvalue weighted by Gasteiger charge is -2.30. The molecular formula is C11H15N3O3S. The third-order valence-corrected chi connectivity index (χ3v) is 4.26. The first kappa shape index (κ1) is 12.9. The van der Waals surface area contributed by atoms with Crippen LogP contribution in [0.1, 0.15) is 33.8 Å². The molecule has 1 saturated heterocycles. The molecule has 2 N–H and O–H groups in total. The van der Waals surface area contributed by atoms with Gasteiger partial charge in [-0.25, -0.2) is 9.78 Å². The molecule has 0 spiro atoms. The topological polar surface area (TPSA) is 86.3 Å². The average Bonchev–Trinajstić information content (AvgIpc) is 2.87. The van der Waals surface area contributed by atoms with E-state index >= 15 is 0 Å². The van der Waals surface area contributed by atoms with Crippen LogP contribution < -0.4 is 0 Å². The van der Waals surface area contributed by atoms with Gasteiger partial charge >= 0.3 is 5.97 Å². The van der Waals surface area contributed by atoms with Crippen LogP contribution in [-0.4, -0.2) is 56.4 Å². The maximum absolute atomic E-state index is 12.2. The van der Waals surface area contributed by atoms with Crippen LogP contribution in [0.15, 0.2) is 6.33 Å². The number of imidazole rings is 1. The summed E-state index contributed by atoms with van der Waals surface area (Å²) in [7, 11) is 0. The summed E-state index contributed by atoms with van der Waals surface area (Å²) < 4.78 is 0. The van der Waals surface area contributed by atoms with Crippen molar-refractivity contribution >= 4 is 23.6 Å². The quantitative estimate of drug-likeness (QED) is 0.857. The minimum Gasteiger partial charge on any atom is -0.477 e. The second kappa shape index (κ2) is 5.43. The number of carbonyl (C=O) groups excluding carboxylic acids is 1. The molecule has 2 heterocycles. The smallest absolute Gasteiger partial charge is 0.354 e. The molecule has 0 aromatic carbocycles.